The number of rotatable bonds is 0. The van der Waals surface area contributed by atoms with Crippen molar-refractivity contribution in [2.45, 2.75) is 76.9 Å². The van der Waals surface area contributed by atoms with Gasteiger partial charge in [0.05, 0.1) is 25.9 Å². The monoisotopic (exact) mass is 530 g/mol. The molecule has 0 bridgehead atoms. The van der Waals surface area contributed by atoms with Crippen LogP contribution in [0.2, 0.25) is 0 Å². The fourth-order valence-corrected chi connectivity index (χ4v) is 6.18. The van der Waals surface area contributed by atoms with Crippen molar-refractivity contribution in [3.8, 4) is 28.7 Å². The molecule has 206 valence electrons. The molecule has 0 aromatic heterocycles. The minimum Gasteiger partial charge on any atom is -0.508 e. The van der Waals surface area contributed by atoms with Crippen LogP contribution in [-0.2, 0) is 22.2 Å². The molecule has 2 aliphatic carbocycles. The molecular formula is C33H38O6. The molecule has 0 radical (unpaired) electrons. The van der Waals surface area contributed by atoms with E-state index in [4.69, 9.17) is 14.2 Å². The standard InChI is InChI=1S/C12H16O2.C11H12O2.C10H10O2/c1-12(2,3)11-10-8(7-14-11)5-4-6-9(10)13;1-7-2-3-8(12)9-10(7)13-6-11(9)4-5-11;11-7-2-1-3-8-9(7)10(4-5-10)6-12-8/h4-6,11,13H,7H2,1-3H3;2-3,12H,4-6H2,1H3;1-3,11H,4-6H2. The van der Waals surface area contributed by atoms with Gasteiger partial charge in [-0.15, -0.1) is 0 Å². The molecule has 8 rings (SSSR count). The number of hydrogen-bond acceptors (Lipinski definition) is 6. The second kappa shape index (κ2) is 9.09. The third-order valence-corrected chi connectivity index (χ3v) is 8.73. The fourth-order valence-electron chi connectivity index (χ4n) is 6.18. The summed E-state index contributed by atoms with van der Waals surface area (Å²) in [5.74, 6) is 2.99. The molecule has 3 aromatic carbocycles. The van der Waals surface area contributed by atoms with Gasteiger partial charge in [0.15, 0.2) is 0 Å². The fraction of sp³-hybridized carbons (Fsp3) is 0.455. The van der Waals surface area contributed by atoms with Crippen molar-refractivity contribution in [2.75, 3.05) is 13.2 Å². The summed E-state index contributed by atoms with van der Waals surface area (Å²) in [6.45, 7) is 10.5. The molecule has 5 aliphatic rings. The Hall–Kier alpha value is -3.38. The molecule has 2 saturated carbocycles. The number of fused-ring (bicyclic) bond motifs is 5. The van der Waals surface area contributed by atoms with Gasteiger partial charge in [0.25, 0.3) is 0 Å². The lowest BCUT2D eigenvalue weighted by Gasteiger charge is -2.27. The Morgan fingerprint density at radius 3 is 2.05 bits per heavy atom. The molecule has 3 aromatic rings. The van der Waals surface area contributed by atoms with Crippen molar-refractivity contribution in [3.63, 3.8) is 0 Å². The molecule has 0 amide bonds. The molecule has 2 spiro atoms. The summed E-state index contributed by atoms with van der Waals surface area (Å²) < 4.78 is 16.8. The zero-order chi connectivity index (χ0) is 27.6. The maximum absolute atomic E-state index is 9.79. The Morgan fingerprint density at radius 1 is 0.744 bits per heavy atom. The van der Waals surface area contributed by atoms with E-state index in [-0.39, 0.29) is 22.3 Å². The smallest absolute Gasteiger partial charge is 0.129 e. The van der Waals surface area contributed by atoms with Gasteiger partial charge in [0.1, 0.15) is 28.7 Å². The summed E-state index contributed by atoms with van der Waals surface area (Å²) in [6, 6.07) is 14.8. The Labute approximate surface area is 230 Å². The predicted octanol–water partition coefficient (Wildman–Crippen LogP) is 6.95. The lowest BCUT2D eigenvalue weighted by Crippen LogP contribution is -2.17. The summed E-state index contributed by atoms with van der Waals surface area (Å²) in [4.78, 5) is 0. The zero-order valence-corrected chi connectivity index (χ0v) is 23.2. The molecule has 0 saturated heterocycles. The van der Waals surface area contributed by atoms with Crippen LogP contribution in [0, 0.1) is 12.3 Å². The van der Waals surface area contributed by atoms with E-state index in [1.54, 1.807) is 18.2 Å². The highest BCUT2D eigenvalue weighted by molar-refractivity contribution is 5.58. The Bertz CT molecular complexity index is 1410. The van der Waals surface area contributed by atoms with E-state index >= 15 is 0 Å². The van der Waals surface area contributed by atoms with Gasteiger partial charge in [-0.05, 0) is 73.4 Å². The van der Waals surface area contributed by atoms with Gasteiger partial charge in [-0.2, -0.15) is 0 Å². The van der Waals surface area contributed by atoms with Crippen LogP contribution < -0.4 is 9.47 Å². The average molecular weight is 531 g/mol. The molecule has 1 unspecified atom stereocenters. The minimum absolute atomic E-state index is 0.0127. The van der Waals surface area contributed by atoms with Crippen LogP contribution in [0.1, 0.15) is 80.4 Å². The molecule has 2 fully saturated rings. The number of aryl methyl sites for hydroxylation is 1. The number of phenolic OH excluding ortho intramolecular Hbond substituents is 3. The molecule has 3 aliphatic heterocycles. The van der Waals surface area contributed by atoms with Crippen molar-refractivity contribution in [3.05, 3.63) is 76.3 Å². The van der Waals surface area contributed by atoms with E-state index in [1.165, 1.54) is 0 Å². The first-order chi connectivity index (χ1) is 18.5. The van der Waals surface area contributed by atoms with Crippen LogP contribution in [-0.4, -0.2) is 28.5 Å². The van der Waals surface area contributed by atoms with Crippen molar-refractivity contribution in [2.24, 2.45) is 5.41 Å². The summed E-state index contributed by atoms with van der Waals surface area (Å²) in [6.07, 6.45) is 4.67. The Balaban J connectivity index is 0.000000107. The number of hydrogen-bond donors (Lipinski definition) is 3. The van der Waals surface area contributed by atoms with E-state index in [0.29, 0.717) is 23.9 Å². The molecule has 3 N–H and O–H groups in total. The molecule has 39 heavy (non-hydrogen) atoms. The Kier molecular flexibility index (Phi) is 6.03. The summed E-state index contributed by atoms with van der Waals surface area (Å²) in [5, 5.41) is 29.2. The van der Waals surface area contributed by atoms with E-state index in [9.17, 15) is 15.3 Å². The molecule has 6 nitrogen and oxygen atoms in total. The second-order valence-electron chi connectivity index (χ2n) is 12.8. The zero-order valence-electron chi connectivity index (χ0n) is 23.2. The topological polar surface area (TPSA) is 88.4 Å². The number of aromatic hydroxyl groups is 3. The van der Waals surface area contributed by atoms with Crippen LogP contribution in [0.15, 0.2) is 48.5 Å². The van der Waals surface area contributed by atoms with Crippen LogP contribution in [0.25, 0.3) is 0 Å². The van der Waals surface area contributed by atoms with Crippen LogP contribution in [0.5, 0.6) is 28.7 Å². The van der Waals surface area contributed by atoms with Gasteiger partial charge < -0.3 is 29.5 Å². The molecular weight excluding hydrogens is 492 g/mol. The normalized spacial score (nSPS) is 21.4. The highest BCUT2D eigenvalue weighted by Crippen LogP contribution is 2.59. The average Bonchev–Trinajstić information content (AvgIpc) is 3.68. The van der Waals surface area contributed by atoms with Gasteiger partial charge >= 0.3 is 0 Å². The summed E-state index contributed by atoms with van der Waals surface area (Å²) in [7, 11) is 0. The largest absolute Gasteiger partial charge is 0.508 e. The lowest BCUT2D eigenvalue weighted by atomic mass is 9.84. The van der Waals surface area contributed by atoms with Gasteiger partial charge in [-0.1, -0.05) is 45.0 Å². The maximum Gasteiger partial charge on any atom is 0.129 e. The third kappa shape index (κ3) is 4.49. The Morgan fingerprint density at radius 2 is 1.36 bits per heavy atom. The van der Waals surface area contributed by atoms with Crippen LogP contribution >= 0.6 is 0 Å². The van der Waals surface area contributed by atoms with Crippen molar-refractivity contribution in [1.82, 2.24) is 0 Å². The van der Waals surface area contributed by atoms with Gasteiger partial charge in [0, 0.05) is 27.5 Å². The SMILES string of the molecule is CC(C)(C)C1OCc2cccc(O)c21.Cc1ccc(O)c2c1OCC21CC1.Oc1cccc2c1C1(CC1)CO2. The summed E-state index contributed by atoms with van der Waals surface area (Å²) in [5.41, 5.74) is 5.75. The van der Waals surface area contributed by atoms with Crippen LogP contribution in [0.4, 0.5) is 0 Å². The van der Waals surface area contributed by atoms with E-state index < -0.39 is 0 Å². The number of benzene rings is 3. The highest BCUT2D eigenvalue weighted by Gasteiger charge is 2.53. The lowest BCUT2D eigenvalue weighted by molar-refractivity contribution is -0.00880. The van der Waals surface area contributed by atoms with Crippen molar-refractivity contribution >= 4 is 0 Å². The molecule has 1 atom stereocenters. The first-order valence-corrected chi connectivity index (χ1v) is 13.9. The first kappa shape index (κ1) is 25.9. The third-order valence-electron chi connectivity index (χ3n) is 8.73. The number of ether oxygens (including phenoxy) is 3. The first-order valence-electron chi connectivity index (χ1n) is 13.9. The van der Waals surface area contributed by atoms with E-state index in [2.05, 4.69) is 20.8 Å². The van der Waals surface area contributed by atoms with Crippen molar-refractivity contribution in [1.29, 1.82) is 0 Å². The van der Waals surface area contributed by atoms with Gasteiger partial charge in [-0.25, -0.2) is 0 Å². The van der Waals surface area contributed by atoms with Crippen LogP contribution in [0.3, 0.4) is 0 Å². The summed E-state index contributed by atoms with van der Waals surface area (Å²) >= 11 is 0. The van der Waals surface area contributed by atoms with Gasteiger partial charge in [0.2, 0.25) is 0 Å². The maximum atomic E-state index is 9.79. The molecule has 6 heteroatoms. The van der Waals surface area contributed by atoms with E-state index in [1.807, 2.05) is 37.3 Å². The number of phenols is 3. The van der Waals surface area contributed by atoms with Crippen molar-refractivity contribution < 1.29 is 29.5 Å². The molecule has 3 heterocycles. The van der Waals surface area contributed by atoms with Gasteiger partial charge in [-0.3, -0.25) is 0 Å². The second-order valence-corrected chi connectivity index (χ2v) is 12.8. The quantitative estimate of drug-likeness (QED) is 0.291. The highest BCUT2D eigenvalue weighted by atomic mass is 16.5. The minimum atomic E-state index is 0.0127. The predicted molar refractivity (Wildman–Crippen MR) is 149 cm³/mol. The van der Waals surface area contributed by atoms with E-state index in [0.717, 1.165) is 78.2 Å².